The Morgan fingerprint density at radius 1 is 0.628 bits per heavy atom. The second-order valence-electron chi connectivity index (χ2n) is 16.8. The van der Waals surface area contributed by atoms with Crippen LogP contribution in [0.25, 0.3) is 32.4 Å². The van der Waals surface area contributed by atoms with Gasteiger partial charge >= 0.3 is 228 Å². The van der Waals surface area contributed by atoms with Gasteiger partial charge in [-0.2, -0.15) is 6.92 Å². The maximum Gasteiger partial charge on any atom is 1.00 e. The molecule has 0 fully saturated rings. The summed E-state index contributed by atoms with van der Waals surface area (Å²) < 4.78 is 38.7. The van der Waals surface area contributed by atoms with Crippen LogP contribution in [-0.2, 0) is 49.3 Å². The van der Waals surface area contributed by atoms with Gasteiger partial charge in [0.1, 0.15) is 5.25 Å². The molecule has 1 aromatic heterocycles. The van der Waals surface area contributed by atoms with Gasteiger partial charge < -0.3 is 31.2 Å². The number of hydrogen-bond acceptors (Lipinski definition) is 13. The molecule has 0 unspecified atom stereocenters. The number of nitrogens with zero attached hydrogens (tertiary/aromatic N) is 2. The number of carbonyl (C=O) groups excluding carboxylic acids is 3. The molecule has 6 aromatic carbocycles. The van der Waals surface area contributed by atoms with E-state index in [0.717, 1.165) is 41.1 Å². The fourth-order valence-electron chi connectivity index (χ4n) is 7.77. The molecule has 0 saturated heterocycles. The Bertz CT molecular complexity index is 3030. The van der Waals surface area contributed by atoms with E-state index in [4.69, 9.17) is 33.4 Å². The molecule has 7 aromatic rings. The number of fused-ring (bicyclic) bond motifs is 3. The molecule has 2 amide bonds. The number of aromatic nitrogens is 2. The molecule has 0 spiro atoms. The first kappa shape index (κ1) is 63.9. The van der Waals surface area contributed by atoms with Crippen molar-refractivity contribution in [2.45, 2.75) is 43.0 Å². The number of hydrogen-bond donors (Lipinski definition) is 2. The van der Waals surface area contributed by atoms with Crippen molar-refractivity contribution in [1.82, 2.24) is 20.2 Å². The van der Waals surface area contributed by atoms with Crippen molar-refractivity contribution < 1.29 is 82.9 Å². The zero-order valence-electron chi connectivity index (χ0n) is 44.9. The summed E-state index contributed by atoms with van der Waals surface area (Å²) in [5.41, 5.74) is 2.77. The Hall–Kier alpha value is -4.88. The van der Waals surface area contributed by atoms with Gasteiger partial charge in [0, 0.05) is 13.1 Å². The van der Waals surface area contributed by atoms with Crippen LogP contribution >= 0.6 is 23.5 Å². The van der Waals surface area contributed by atoms with Crippen molar-refractivity contribution in [3.05, 3.63) is 180 Å². The second-order valence-corrected chi connectivity index (χ2v) is 21.7. The normalized spacial score (nSPS) is 12.2. The minimum absolute atomic E-state index is 0. The van der Waals surface area contributed by atoms with E-state index in [9.17, 15) is 19.2 Å². The van der Waals surface area contributed by atoms with E-state index in [-0.39, 0.29) is 36.2 Å². The van der Waals surface area contributed by atoms with Crippen LogP contribution in [0.4, 0.5) is 0 Å². The van der Waals surface area contributed by atoms with E-state index in [1.807, 2.05) is 141 Å². The molecular formula is C60H68ILiN4O10S2-2. The van der Waals surface area contributed by atoms with Gasteiger partial charge in [-0.05, 0) is 35.4 Å². The standard InChI is InChI=1S/C58H63IN4O10S2.C2H5.Li/c1-3-63-57(67)50-37-46-19-11-13-21-48(46)39-52(50)62-58(63)75-54(44-16-8-5-9-17-44)56(66)61-23-25-69-27-29-71-31-33-73-35-34-72-32-30-70-28-26-68-24-22-60-55(65)53(43-14-6-4-7-15-43)74-42(2)40-59-51-38-47-20-12-10-18-45(47)36-49(51)41-64;1-2;/h4-21,36-40,53-54H,3,22-35H2,1-2H3,(H,60,65)(H,61,66);1H2,2H3;/q-2;-1;+1/b42-40-;;/t53-,54-;;/m1../s1. The zero-order valence-corrected chi connectivity index (χ0v) is 48.7. The number of ether oxygens (including phenoxy) is 6. The minimum atomic E-state index is -0.637. The molecule has 0 aliphatic rings. The van der Waals surface area contributed by atoms with Crippen LogP contribution in [0.15, 0.2) is 152 Å². The predicted octanol–water partition coefficient (Wildman–Crippen LogP) is 3.48. The second kappa shape index (κ2) is 36.4. The van der Waals surface area contributed by atoms with Crippen LogP contribution in [0.1, 0.15) is 48.0 Å². The molecule has 410 valence electrons. The van der Waals surface area contributed by atoms with E-state index in [1.165, 1.54) is 23.5 Å². The summed E-state index contributed by atoms with van der Waals surface area (Å²) in [5.74, 6) is -0.297. The van der Waals surface area contributed by atoms with Gasteiger partial charge in [0.15, 0.2) is 5.16 Å². The fourth-order valence-corrected chi connectivity index (χ4v) is 12.5. The smallest absolute Gasteiger partial charge is 0.346 e. The summed E-state index contributed by atoms with van der Waals surface area (Å²) in [7, 11) is 0. The largest absolute Gasteiger partial charge is 1.00 e. The van der Waals surface area contributed by atoms with Crippen LogP contribution < -0.4 is 56.3 Å². The van der Waals surface area contributed by atoms with E-state index in [2.05, 4.69) is 34.0 Å². The number of halogens is 1. The third-order valence-corrected chi connectivity index (χ3v) is 17.2. The van der Waals surface area contributed by atoms with Gasteiger partial charge in [-0.15, -0.1) is 0 Å². The number of thioether (sulfide) groups is 2. The van der Waals surface area contributed by atoms with Gasteiger partial charge in [0.2, 0.25) is 5.91 Å². The number of benzene rings is 6. The quantitative estimate of drug-likeness (QED) is 0.0117. The molecule has 0 aliphatic carbocycles. The Morgan fingerprint density at radius 2 is 1.05 bits per heavy atom. The maximum absolute atomic E-state index is 13.6. The number of nitrogens with one attached hydrogen (secondary N) is 2. The first-order chi connectivity index (χ1) is 37.8. The molecule has 2 N–H and O–H groups in total. The minimum Gasteiger partial charge on any atom is -0.346 e. The molecule has 0 bridgehead atoms. The van der Waals surface area contributed by atoms with E-state index < -0.39 is 31.7 Å². The zero-order chi connectivity index (χ0) is 54.5. The fraction of sp³-hybridized carbons (Fsp3) is 0.333. The summed E-state index contributed by atoms with van der Waals surface area (Å²) in [5, 5.41) is 10.1. The Balaban J connectivity index is 0.00000369. The Kier molecular flexibility index (Phi) is 29.8. The maximum atomic E-state index is 13.6. The van der Waals surface area contributed by atoms with Crippen molar-refractivity contribution in [3.8, 4) is 0 Å². The number of amides is 2. The molecule has 0 aliphatic heterocycles. The topological polar surface area (TPSA) is 166 Å². The summed E-state index contributed by atoms with van der Waals surface area (Å²) in [6.07, 6.45) is 2.11. The molecular weight excluding hydrogens is 1130 g/mol. The molecule has 14 nitrogen and oxygen atoms in total. The van der Waals surface area contributed by atoms with Crippen LogP contribution in [0.3, 0.4) is 0 Å². The van der Waals surface area contributed by atoms with E-state index in [0.29, 0.717) is 121 Å². The molecule has 18 heteroatoms. The van der Waals surface area contributed by atoms with Crippen molar-refractivity contribution in [1.29, 1.82) is 0 Å². The molecule has 2 atom stereocenters. The van der Waals surface area contributed by atoms with E-state index >= 15 is 0 Å². The van der Waals surface area contributed by atoms with Crippen LogP contribution in [0.5, 0.6) is 0 Å². The third kappa shape index (κ3) is 20.3. The van der Waals surface area contributed by atoms with Crippen LogP contribution in [-0.4, -0.2) is 120 Å². The predicted molar refractivity (Wildman–Crippen MR) is 304 cm³/mol. The number of rotatable bonds is 33. The van der Waals surface area contributed by atoms with Crippen LogP contribution in [0, 0.1) is 10.5 Å². The van der Waals surface area contributed by atoms with Crippen LogP contribution in [0.2, 0.25) is 0 Å². The third-order valence-electron chi connectivity index (χ3n) is 11.5. The number of allylic oxidation sites excluding steroid dienone is 1. The van der Waals surface area contributed by atoms with Gasteiger partial charge in [-0.1, -0.05) is 66.4 Å². The number of carbonyl (C=O) groups is 2. The van der Waals surface area contributed by atoms with Gasteiger partial charge in [-0.3, -0.25) is 14.2 Å². The average Bonchev–Trinajstić information content (AvgIpc) is 3.50. The van der Waals surface area contributed by atoms with Crippen molar-refractivity contribution in [3.63, 3.8) is 0 Å². The Labute approximate surface area is 488 Å². The summed E-state index contributed by atoms with van der Waals surface area (Å²) >= 11 is 2.14. The first-order valence-corrected chi connectivity index (χ1v) is 29.7. The molecule has 1 heterocycles. The molecule has 0 radical (unpaired) electrons. The Morgan fingerprint density at radius 3 is 1.54 bits per heavy atom. The van der Waals surface area contributed by atoms with Crippen molar-refractivity contribution >= 4 is 74.1 Å². The van der Waals surface area contributed by atoms with E-state index in [1.54, 1.807) is 11.5 Å². The molecule has 78 heavy (non-hydrogen) atoms. The molecule has 0 saturated carbocycles. The summed E-state index contributed by atoms with van der Waals surface area (Å²) in [4.78, 5) is 58.4. The van der Waals surface area contributed by atoms with Gasteiger partial charge in [-0.25, -0.2) is 4.98 Å². The summed E-state index contributed by atoms with van der Waals surface area (Å²) in [6.45, 7) is 14.7. The van der Waals surface area contributed by atoms with Crippen molar-refractivity contribution in [2.75, 3.05) is 92.4 Å². The SMILES string of the molecule is CCn1c(S[C@@H](C(=O)NCCOCCOCCOCCOCCOCCOCCNC(=O)[C@H](S/C(C)=C\[I-]c2cc3ccccc3cc2[C-]=O)c2ccccc2)c2ccccc2)nc2cc3ccccc3cc2c1=O.[CH2-]C.[Li+]. The van der Waals surface area contributed by atoms with Gasteiger partial charge in [0.05, 0.1) is 70.4 Å². The first-order valence-electron chi connectivity index (χ1n) is 25.6. The van der Waals surface area contributed by atoms with Crippen molar-refractivity contribution in [2.24, 2.45) is 0 Å². The average molecular weight is 1200 g/mol. The molecule has 7 rings (SSSR count). The van der Waals surface area contributed by atoms with Gasteiger partial charge in [0.25, 0.3) is 5.56 Å². The summed E-state index contributed by atoms with van der Waals surface area (Å²) in [6, 6.07) is 42.9. The monoisotopic (exact) mass is 1200 g/mol.